The zero-order chi connectivity index (χ0) is 15.6. The van der Waals surface area contributed by atoms with Crippen molar-refractivity contribution in [2.45, 2.75) is 11.8 Å². The van der Waals surface area contributed by atoms with E-state index in [1.54, 1.807) is 19.1 Å². The molecule has 21 heavy (non-hydrogen) atoms. The van der Waals surface area contributed by atoms with E-state index in [-0.39, 0.29) is 16.3 Å². The fourth-order valence-corrected chi connectivity index (χ4v) is 2.63. The molecular formula is C14H11ClFNO3S. The van der Waals surface area contributed by atoms with Crippen molar-refractivity contribution >= 4 is 33.4 Å². The average molecular weight is 328 g/mol. The summed E-state index contributed by atoms with van der Waals surface area (Å²) in [4.78, 5) is 11.6. The third-order valence-corrected chi connectivity index (χ3v) is 4.22. The van der Waals surface area contributed by atoms with E-state index in [4.69, 9.17) is 11.6 Å². The Morgan fingerprint density at radius 1 is 1.14 bits per heavy atom. The Kier molecular flexibility index (Phi) is 4.29. The number of hydrogen-bond acceptors (Lipinski definition) is 3. The van der Waals surface area contributed by atoms with Gasteiger partial charge in [-0.3, -0.25) is 4.79 Å². The first-order chi connectivity index (χ1) is 9.80. The number of para-hydroxylation sites is 1. The monoisotopic (exact) mass is 327 g/mol. The Balaban J connectivity index is 2.40. The van der Waals surface area contributed by atoms with Gasteiger partial charge in [0.1, 0.15) is 4.90 Å². The number of nitrogens with one attached hydrogen (secondary N) is 1. The second-order valence-electron chi connectivity index (χ2n) is 4.32. The summed E-state index contributed by atoms with van der Waals surface area (Å²) in [5.74, 6) is -0.611. The van der Waals surface area contributed by atoms with Gasteiger partial charge in [-0.2, -0.15) is 8.42 Å². The molecule has 0 spiro atoms. The van der Waals surface area contributed by atoms with Crippen LogP contribution in [0.3, 0.4) is 0 Å². The van der Waals surface area contributed by atoms with Crippen molar-refractivity contribution in [3.05, 3.63) is 58.6 Å². The molecule has 0 atom stereocenters. The predicted octanol–water partition coefficient (Wildman–Crippen LogP) is 3.56. The third kappa shape index (κ3) is 3.40. The minimum absolute atomic E-state index is 0.137. The first-order valence-electron chi connectivity index (χ1n) is 5.91. The number of hydrogen-bond donors (Lipinski definition) is 1. The van der Waals surface area contributed by atoms with Gasteiger partial charge in [-0.15, -0.1) is 3.89 Å². The highest BCUT2D eigenvalue weighted by Crippen LogP contribution is 2.25. The smallest absolute Gasteiger partial charge is 0.321 e. The van der Waals surface area contributed by atoms with Gasteiger partial charge in [0.15, 0.2) is 0 Å². The Hall–Kier alpha value is -1.92. The first-order valence-corrected chi connectivity index (χ1v) is 7.67. The van der Waals surface area contributed by atoms with Crippen LogP contribution in [0.1, 0.15) is 15.9 Å². The SMILES string of the molecule is Cc1cccc(C(=O)Nc2ccccc2S(=O)(=O)F)c1Cl. The van der Waals surface area contributed by atoms with Crippen molar-refractivity contribution in [3.63, 3.8) is 0 Å². The van der Waals surface area contributed by atoms with Crippen LogP contribution in [0.4, 0.5) is 9.57 Å². The molecule has 1 N–H and O–H groups in total. The quantitative estimate of drug-likeness (QED) is 0.877. The second-order valence-corrected chi connectivity index (χ2v) is 6.02. The van der Waals surface area contributed by atoms with Crippen LogP contribution in [-0.2, 0) is 10.2 Å². The topological polar surface area (TPSA) is 63.2 Å². The molecule has 0 saturated carbocycles. The van der Waals surface area contributed by atoms with E-state index in [0.29, 0.717) is 5.56 Å². The van der Waals surface area contributed by atoms with Crippen LogP contribution < -0.4 is 5.32 Å². The summed E-state index contributed by atoms with van der Waals surface area (Å²) in [6.45, 7) is 1.74. The zero-order valence-corrected chi connectivity index (χ0v) is 12.5. The van der Waals surface area contributed by atoms with Crippen LogP contribution in [0.25, 0.3) is 0 Å². The second kappa shape index (κ2) is 5.83. The van der Waals surface area contributed by atoms with E-state index in [2.05, 4.69) is 5.32 Å². The molecule has 0 unspecified atom stereocenters. The summed E-state index contributed by atoms with van der Waals surface area (Å²) >= 11 is 6.03. The summed E-state index contributed by atoms with van der Waals surface area (Å²) in [5, 5.41) is 2.62. The molecule has 0 bridgehead atoms. The number of benzene rings is 2. The van der Waals surface area contributed by atoms with Crippen LogP contribution >= 0.6 is 11.6 Å². The Labute approximate surface area is 126 Å². The normalized spacial score (nSPS) is 11.2. The van der Waals surface area contributed by atoms with E-state index < -0.39 is 21.0 Å². The van der Waals surface area contributed by atoms with Crippen molar-refractivity contribution in [2.75, 3.05) is 5.32 Å². The van der Waals surface area contributed by atoms with Crippen molar-refractivity contribution in [2.24, 2.45) is 0 Å². The summed E-state index contributed by atoms with van der Waals surface area (Å²) in [7, 11) is -4.93. The Morgan fingerprint density at radius 2 is 1.81 bits per heavy atom. The van der Waals surface area contributed by atoms with Crippen molar-refractivity contribution in [3.8, 4) is 0 Å². The van der Waals surface area contributed by atoms with E-state index in [1.165, 1.54) is 24.3 Å². The lowest BCUT2D eigenvalue weighted by molar-refractivity contribution is 0.102. The van der Waals surface area contributed by atoms with E-state index in [0.717, 1.165) is 6.07 Å². The van der Waals surface area contributed by atoms with Gasteiger partial charge in [0.25, 0.3) is 5.91 Å². The number of aryl methyl sites for hydroxylation is 1. The van der Waals surface area contributed by atoms with E-state index in [9.17, 15) is 17.1 Å². The molecule has 0 aliphatic heterocycles. The highest BCUT2D eigenvalue weighted by Gasteiger charge is 2.19. The summed E-state index contributed by atoms with van der Waals surface area (Å²) in [6.07, 6.45) is 0. The minimum Gasteiger partial charge on any atom is -0.321 e. The van der Waals surface area contributed by atoms with Crippen molar-refractivity contribution in [1.82, 2.24) is 0 Å². The van der Waals surface area contributed by atoms with E-state index >= 15 is 0 Å². The van der Waals surface area contributed by atoms with Gasteiger partial charge in [-0.1, -0.05) is 35.9 Å². The molecule has 0 aliphatic rings. The summed E-state index contributed by atoms with van der Waals surface area (Å²) < 4.78 is 35.3. The molecule has 0 saturated heterocycles. The first kappa shape index (κ1) is 15.5. The Bertz CT molecular complexity index is 806. The summed E-state index contributed by atoms with van der Waals surface area (Å²) in [5.41, 5.74) is 0.751. The van der Waals surface area contributed by atoms with Crippen molar-refractivity contribution < 1.29 is 17.1 Å². The van der Waals surface area contributed by atoms with E-state index in [1.807, 2.05) is 0 Å². The van der Waals surface area contributed by atoms with Crippen molar-refractivity contribution in [1.29, 1.82) is 0 Å². The minimum atomic E-state index is -4.93. The highest BCUT2D eigenvalue weighted by atomic mass is 35.5. The number of halogens is 2. The van der Waals surface area contributed by atoms with Gasteiger partial charge < -0.3 is 5.32 Å². The van der Waals surface area contributed by atoms with Crippen LogP contribution in [0.2, 0.25) is 5.02 Å². The van der Waals surface area contributed by atoms with Gasteiger partial charge >= 0.3 is 10.2 Å². The molecule has 2 aromatic rings. The lowest BCUT2D eigenvalue weighted by Gasteiger charge is -2.10. The van der Waals surface area contributed by atoms with Gasteiger partial charge in [0.2, 0.25) is 0 Å². The predicted molar refractivity (Wildman–Crippen MR) is 78.9 cm³/mol. The molecular weight excluding hydrogens is 317 g/mol. The van der Waals surface area contributed by atoms with Crippen LogP contribution in [-0.4, -0.2) is 14.3 Å². The number of amides is 1. The number of anilines is 1. The largest absolute Gasteiger partial charge is 0.334 e. The fraction of sp³-hybridized carbons (Fsp3) is 0.0714. The van der Waals surface area contributed by atoms with Gasteiger partial charge in [-0.05, 0) is 30.7 Å². The standard InChI is InChI=1S/C14H11ClFNO3S/c1-9-5-4-6-10(13(9)15)14(18)17-11-7-2-3-8-12(11)21(16,19)20/h2-8H,1H3,(H,17,18). The lowest BCUT2D eigenvalue weighted by atomic mass is 10.1. The lowest BCUT2D eigenvalue weighted by Crippen LogP contribution is -2.14. The van der Waals surface area contributed by atoms with Crippen LogP contribution in [0, 0.1) is 6.92 Å². The molecule has 110 valence electrons. The van der Waals surface area contributed by atoms with Crippen LogP contribution in [0.15, 0.2) is 47.4 Å². The summed E-state index contributed by atoms with van der Waals surface area (Å²) in [6, 6.07) is 10.1. The molecule has 0 heterocycles. The number of rotatable bonds is 3. The fourth-order valence-electron chi connectivity index (χ4n) is 1.79. The third-order valence-electron chi connectivity index (χ3n) is 2.83. The molecule has 2 rings (SSSR count). The average Bonchev–Trinajstić information content (AvgIpc) is 2.41. The molecule has 1 amide bonds. The molecule has 0 radical (unpaired) electrons. The maximum absolute atomic E-state index is 13.2. The zero-order valence-electron chi connectivity index (χ0n) is 10.9. The van der Waals surface area contributed by atoms with Gasteiger partial charge in [-0.25, -0.2) is 0 Å². The maximum atomic E-state index is 13.2. The molecule has 2 aromatic carbocycles. The highest BCUT2D eigenvalue weighted by molar-refractivity contribution is 7.86. The molecule has 0 aromatic heterocycles. The van der Waals surface area contributed by atoms with Gasteiger partial charge in [0, 0.05) is 0 Å². The Morgan fingerprint density at radius 3 is 2.48 bits per heavy atom. The van der Waals surface area contributed by atoms with Gasteiger partial charge in [0.05, 0.1) is 16.3 Å². The molecule has 0 fully saturated rings. The molecule has 7 heteroatoms. The molecule has 0 aliphatic carbocycles. The number of carbonyl (C=O) groups excluding carboxylic acids is 1. The molecule has 4 nitrogen and oxygen atoms in total. The van der Waals surface area contributed by atoms with Crippen LogP contribution in [0.5, 0.6) is 0 Å². The number of carbonyl (C=O) groups is 1. The maximum Gasteiger partial charge on any atom is 0.334 e.